The Morgan fingerprint density at radius 3 is 2.94 bits per heavy atom. The third kappa shape index (κ3) is 2.54. The Morgan fingerprint density at radius 2 is 2.22 bits per heavy atom. The molecule has 0 atom stereocenters. The van der Waals surface area contributed by atoms with Crippen LogP contribution < -0.4 is 4.74 Å². The molecule has 0 fully saturated rings. The Hall–Kier alpha value is -1.40. The Morgan fingerprint density at radius 1 is 1.44 bits per heavy atom. The lowest BCUT2D eigenvalue weighted by Gasteiger charge is -2.20. The topological polar surface area (TPSA) is 61.8 Å². The van der Waals surface area contributed by atoms with Crippen molar-refractivity contribution in [3.05, 3.63) is 27.7 Å². The lowest BCUT2D eigenvalue weighted by Crippen LogP contribution is -2.21. The molecule has 1 aliphatic rings. The van der Waals surface area contributed by atoms with Crippen molar-refractivity contribution in [1.82, 2.24) is 0 Å². The largest absolute Gasteiger partial charge is 0.466 e. The first-order valence-corrected chi connectivity index (χ1v) is 6.17. The SMILES string of the molecule is CCOC(=O)C(=O)c1cc(Br)cc2c1OCOC2. The van der Waals surface area contributed by atoms with E-state index in [2.05, 4.69) is 15.9 Å². The van der Waals surface area contributed by atoms with Crippen LogP contribution >= 0.6 is 15.9 Å². The highest BCUT2D eigenvalue weighted by Gasteiger charge is 2.26. The van der Waals surface area contributed by atoms with Crippen molar-refractivity contribution in [3.63, 3.8) is 0 Å². The van der Waals surface area contributed by atoms with Gasteiger partial charge in [-0.1, -0.05) is 15.9 Å². The highest BCUT2D eigenvalue weighted by molar-refractivity contribution is 9.10. The number of benzene rings is 1. The molecule has 18 heavy (non-hydrogen) atoms. The molecule has 1 aliphatic heterocycles. The molecule has 0 saturated carbocycles. The third-order valence-electron chi connectivity index (χ3n) is 2.38. The predicted octanol–water partition coefficient (Wildman–Crippen LogP) is 2.06. The second-order valence-corrected chi connectivity index (χ2v) is 4.52. The zero-order valence-corrected chi connectivity index (χ0v) is 11.3. The van der Waals surface area contributed by atoms with Gasteiger partial charge in [-0.25, -0.2) is 4.79 Å². The van der Waals surface area contributed by atoms with Crippen molar-refractivity contribution in [1.29, 1.82) is 0 Å². The van der Waals surface area contributed by atoms with E-state index in [1.54, 1.807) is 19.1 Å². The summed E-state index contributed by atoms with van der Waals surface area (Å²) in [5, 5.41) is 0. The quantitative estimate of drug-likeness (QED) is 0.485. The van der Waals surface area contributed by atoms with Crippen LogP contribution in [0.5, 0.6) is 5.75 Å². The Bertz CT molecular complexity index is 497. The van der Waals surface area contributed by atoms with Crippen molar-refractivity contribution < 1.29 is 23.8 Å². The van der Waals surface area contributed by atoms with Gasteiger partial charge in [0.05, 0.1) is 18.8 Å². The normalized spacial score (nSPS) is 13.4. The minimum absolute atomic E-state index is 0.0672. The minimum atomic E-state index is -0.882. The highest BCUT2D eigenvalue weighted by Crippen LogP contribution is 2.32. The second kappa shape index (κ2) is 5.49. The smallest absolute Gasteiger partial charge is 0.379 e. The van der Waals surface area contributed by atoms with Gasteiger partial charge in [-0.15, -0.1) is 0 Å². The number of ether oxygens (including phenoxy) is 3. The monoisotopic (exact) mass is 314 g/mol. The van der Waals surface area contributed by atoms with Crippen LogP contribution in [0, 0.1) is 0 Å². The van der Waals surface area contributed by atoms with E-state index in [4.69, 9.17) is 14.2 Å². The Labute approximate surface area is 112 Å². The van der Waals surface area contributed by atoms with E-state index in [0.29, 0.717) is 16.8 Å². The summed E-state index contributed by atoms with van der Waals surface area (Å²) in [6, 6.07) is 3.33. The maximum absolute atomic E-state index is 11.9. The van der Waals surface area contributed by atoms with Crippen molar-refractivity contribution in [2.45, 2.75) is 13.5 Å². The second-order valence-electron chi connectivity index (χ2n) is 3.60. The summed E-state index contributed by atoms with van der Waals surface area (Å²) in [5.41, 5.74) is 0.921. The Balaban J connectivity index is 2.40. The van der Waals surface area contributed by atoms with Gasteiger partial charge in [0.25, 0.3) is 5.78 Å². The van der Waals surface area contributed by atoms with Crippen molar-refractivity contribution in [2.75, 3.05) is 13.4 Å². The predicted molar refractivity (Wildman–Crippen MR) is 65.4 cm³/mol. The van der Waals surface area contributed by atoms with Gasteiger partial charge in [0, 0.05) is 10.0 Å². The molecule has 6 heteroatoms. The standard InChI is InChI=1S/C12H11BrO5/c1-2-17-12(15)10(14)9-4-8(13)3-7-5-16-6-18-11(7)9/h3-4H,2,5-6H2,1H3. The maximum Gasteiger partial charge on any atom is 0.379 e. The number of hydrogen-bond acceptors (Lipinski definition) is 5. The fourth-order valence-electron chi connectivity index (χ4n) is 1.66. The zero-order chi connectivity index (χ0) is 13.1. The number of hydrogen-bond donors (Lipinski definition) is 0. The molecular formula is C12H11BrO5. The van der Waals surface area contributed by atoms with Crippen LogP contribution in [0.25, 0.3) is 0 Å². The molecule has 2 rings (SSSR count). The van der Waals surface area contributed by atoms with E-state index in [9.17, 15) is 9.59 Å². The molecule has 1 aromatic carbocycles. The first-order chi connectivity index (χ1) is 8.63. The van der Waals surface area contributed by atoms with Crippen LogP contribution in [0.2, 0.25) is 0 Å². The van der Waals surface area contributed by atoms with Gasteiger partial charge >= 0.3 is 5.97 Å². The number of Topliss-reactive ketones (excluding diaryl/α,β-unsaturated/α-hetero) is 1. The van der Waals surface area contributed by atoms with Gasteiger partial charge in [-0.05, 0) is 19.1 Å². The van der Waals surface area contributed by atoms with Gasteiger partial charge in [-0.2, -0.15) is 0 Å². The van der Waals surface area contributed by atoms with E-state index < -0.39 is 11.8 Å². The molecule has 0 unspecified atom stereocenters. The maximum atomic E-state index is 11.9. The summed E-state index contributed by atoms with van der Waals surface area (Å²) in [7, 11) is 0. The molecule has 0 radical (unpaired) electrons. The zero-order valence-electron chi connectivity index (χ0n) is 9.70. The van der Waals surface area contributed by atoms with E-state index in [1.807, 2.05) is 0 Å². The molecule has 0 amide bonds. The molecule has 0 bridgehead atoms. The lowest BCUT2D eigenvalue weighted by molar-refractivity contribution is -0.137. The molecular weight excluding hydrogens is 304 g/mol. The van der Waals surface area contributed by atoms with Crippen molar-refractivity contribution >= 4 is 27.7 Å². The first-order valence-electron chi connectivity index (χ1n) is 5.38. The summed E-state index contributed by atoms with van der Waals surface area (Å²) >= 11 is 3.28. The van der Waals surface area contributed by atoms with Crippen molar-refractivity contribution in [2.24, 2.45) is 0 Å². The molecule has 0 N–H and O–H groups in total. The molecule has 0 aromatic heterocycles. The molecule has 0 saturated heterocycles. The Kier molecular flexibility index (Phi) is 3.98. The number of carbonyl (C=O) groups excluding carboxylic acids is 2. The van der Waals surface area contributed by atoms with Crippen molar-refractivity contribution in [3.8, 4) is 5.75 Å². The molecule has 0 aliphatic carbocycles. The molecule has 0 spiro atoms. The van der Waals surface area contributed by atoms with E-state index in [-0.39, 0.29) is 19.0 Å². The average molecular weight is 315 g/mol. The van der Waals surface area contributed by atoms with Gasteiger partial charge in [0.2, 0.25) is 0 Å². The number of halogens is 1. The fourth-order valence-corrected chi connectivity index (χ4v) is 2.16. The number of carbonyl (C=O) groups is 2. The van der Waals surface area contributed by atoms with Crippen LogP contribution in [0.15, 0.2) is 16.6 Å². The third-order valence-corrected chi connectivity index (χ3v) is 2.84. The van der Waals surface area contributed by atoms with Crippen LogP contribution in [-0.4, -0.2) is 25.2 Å². The number of fused-ring (bicyclic) bond motifs is 1. The summed E-state index contributed by atoms with van der Waals surface area (Å²) in [4.78, 5) is 23.4. The fraction of sp³-hybridized carbons (Fsp3) is 0.333. The van der Waals surface area contributed by atoms with E-state index in [0.717, 1.165) is 5.56 Å². The minimum Gasteiger partial charge on any atom is -0.466 e. The van der Waals surface area contributed by atoms with Crippen LogP contribution in [-0.2, 0) is 20.9 Å². The van der Waals surface area contributed by atoms with Gasteiger partial charge in [-0.3, -0.25) is 4.79 Å². The van der Waals surface area contributed by atoms with Gasteiger partial charge < -0.3 is 14.2 Å². The average Bonchev–Trinajstić information content (AvgIpc) is 2.37. The van der Waals surface area contributed by atoms with Crippen LogP contribution in [0.4, 0.5) is 0 Å². The first kappa shape index (κ1) is 13.0. The number of rotatable bonds is 3. The van der Waals surface area contributed by atoms with Gasteiger partial charge in [0.15, 0.2) is 6.79 Å². The van der Waals surface area contributed by atoms with Gasteiger partial charge in [0.1, 0.15) is 5.75 Å². The number of esters is 1. The molecule has 5 nitrogen and oxygen atoms in total. The summed E-state index contributed by atoms with van der Waals surface area (Å²) < 4.78 is 15.8. The summed E-state index contributed by atoms with van der Waals surface area (Å²) in [6.07, 6.45) is 0. The summed E-state index contributed by atoms with van der Waals surface area (Å²) in [6.45, 7) is 2.21. The van der Waals surface area contributed by atoms with E-state index >= 15 is 0 Å². The van der Waals surface area contributed by atoms with Crippen LogP contribution in [0.1, 0.15) is 22.8 Å². The number of ketones is 1. The molecule has 1 heterocycles. The molecule has 1 aromatic rings. The highest BCUT2D eigenvalue weighted by atomic mass is 79.9. The summed E-state index contributed by atoms with van der Waals surface area (Å²) in [5.74, 6) is -1.20. The lowest BCUT2D eigenvalue weighted by atomic mass is 10.0. The molecule has 96 valence electrons. The van der Waals surface area contributed by atoms with E-state index in [1.165, 1.54) is 0 Å². The van der Waals surface area contributed by atoms with Crippen LogP contribution in [0.3, 0.4) is 0 Å².